The SMILES string of the molecule is C[C@H](NC(=O)c1ccc([N+](=O)[O-])cc1Cl)c1ccc(S(C)(=O)=O)cc1. The third-order valence-corrected chi connectivity index (χ3v) is 5.01. The van der Waals surface area contributed by atoms with Crippen LogP contribution in [0.5, 0.6) is 0 Å². The van der Waals surface area contributed by atoms with Gasteiger partial charge in [0.25, 0.3) is 11.6 Å². The Morgan fingerprint density at radius 2 is 1.80 bits per heavy atom. The zero-order valence-corrected chi connectivity index (χ0v) is 15.0. The van der Waals surface area contributed by atoms with E-state index in [9.17, 15) is 23.3 Å². The van der Waals surface area contributed by atoms with E-state index in [1.165, 1.54) is 24.3 Å². The van der Waals surface area contributed by atoms with Gasteiger partial charge in [0.05, 0.1) is 26.4 Å². The molecule has 1 atom stereocenters. The van der Waals surface area contributed by atoms with Crippen molar-refractivity contribution in [3.63, 3.8) is 0 Å². The van der Waals surface area contributed by atoms with Crippen molar-refractivity contribution >= 4 is 33.0 Å². The molecule has 1 amide bonds. The molecule has 0 aromatic heterocycles. The highest BCUT2D eigenvalue weighted by atomic mass is 35.5. The van der Waals surface area contributed by atoms with E-state index in [1.807, 2.05) is 0 Å². The number of nitrogens with one attached hydrogen (secondary N) is 1. The first-order valence-corrected chi connectivity index (χ1v) is 9.41. The van der Waals surface area contributed by atoms with Gasteiger partial charge in [0.1, 0.15) is 0 Å². The number of amides is 1. The standard InChI is InChI=1S/C16H15ClN2O5S/c1-10(11-3-6-13(7-4-11)25(2,23)24)18-16(20)14-8-5-12(19(21)22)9-15(14)17/h3-10H,1-2H3,(H,18,20)/t10-/m0/s1. The minimum absolute atomic E-state index is 0.0219. The highest BCUT2D eigenvalue weighted by molar-refractivity contribution is 7.90. The highest BCUT2D eigenvalue weighted by Gasteiger charge is 2.17. The zero-order chi connectivity index (χ0) is 18.8. The van der Waals surface area contributed by atoms with Crippen molar-refractivity contribution in [2.75, 3.05) is 6.26 Å². The first-order valence-electron chi connectivity index (χ1n) is 7.14. The van der Waals surface area contributed by atoms with Gasteiger partial charge in [-0.2, -0.15) is 0 Å². The van der Waals surface area contributed by atoms with Gasteiger partial charge in [0.2, 0.25) is 0 Å². The van der Waals surface area contributed by atoms with Crippen LogP contribution >= 0.6 is 11.6 Å². The second-order valence-corrected chi connectivity index (χ2v) is 7.88. The molecule has 0 bridgehead atoms. The van der Waals surface area contributed by atoms with Crippen LogP contribution in [0.3, 0.4) is 0 Å². The van der Waals surface area contributed by atoms with Gasteiger partial charge in [-0.3, -0.25) is 14.9 Å². The van der Waals surface area contributed by atoms with E-state index in [0.717, 1.165) is 12.3 Å². The Kier molecular flexibility index (Phi) is 5.44. The highest BCUT2D eigenvalue weighted by Crippen LogP contribution is 2.23. The molecule has 7 nitrogen and oxygen atoms in total. The number of hydrogen-bond donors (Lipinski definition) is 1. The van der Waals surface area contributed by atoms with Crippen molar-refractivity contribution in [2.24, 2.45) is 0 Å². The topological polar surface area (TPSA) is 106 Å². The van der Waals surface area contributed by atoms with Gasteiger partial charge in [0, 0.05) is 18.4 Å². The maximum Gasteiger partial charge on any atom is 0.270 e. The van der Waals surface area contributed by atoms with E-state index in [0.29, 0.717) is 5.56 Å². The lowest BCUT2D eigenvalue weighted by Gasteiger charge is -2.15. The molecule has 0 saturated carbocycles. The zero-order valence-electron chi connectivity index (χ0n) is 13.4. The maximum absolute atomic E-state index is 12.3. The number of nitrogens with zero attached hydrogens (tertiary/aromatic N) is 1. The first kappa shape index (κ1) is 18.9. The summed E-state index contributed by atoms with van der Waals surface area (Å²) in [5, 5.41) is 13.4. The minimum atomic E-state index is -3.29. The van der Waals surface area contributed by atoms with Crippen LogP contribution in [0.1, 0.15) is 28.9 Å². The lowest BCUT2D eigenvalue weighted by atomic mass is 10.1. The van der Waals surface area contributed by atoms with Crippen LogP contribution < -0.4 is 5.32 Å². The second kappa shape index (κ2) is 7.20. The monoisotopic (exact) mass is 382 g/mol. The van der Waals surface area contributed by atoms with Crippen LogP contribution in [-0.4, -0.2) is 25.5 Å². The van der Waals surface area contributed by atoms with Gasteiger partial charge in [0.15, 0.2) is 9.84 Å². The average molecular weight is 383 g/mol. The van der Waals surface area contributed by atoms with Crippen molar-refractivity contribution in [2.45, 2.75) is 17.9 Å². The largest absolute Gasteiger partial charge is 0.345 e. The first-order chi connectivity index (χ1) is 11.6. The number of rotatable bonds is 5. The van der Waals surface area contributed by atoms with E-state index in [4.69, 9.17) is 11.6 Å². The van der Waals surface area contributed by atoms with Gasteiger partial charge < -0.3 is 5.32 Å². The molecule has 0 spiro atoms. The fourth-order valence-electron chi connectivity index (χ4n) is 2.16. The molecule has 0 fully saturated rings. The molecule has 0 saturated heterocycles. The molecule has 0 heterocycles. The summed E-state index contributed by atoms with van der Waals surface area (Å²) in [6, 6.07) is 9.34. The van der Waals surface area contributed by atoms with Gasteiger partial charge in [-0.15, -0.1) is 0 Å². The molecule has 0 aliphatic carbocycles. The molecule has 25 heavy (non-hydrogen) atoms. The Hall–Kier alpha value is -2.45. The molecule has 132 valence electrons. The summed E-state index contributed by atoms with van der Waals surface area (Å²) in [5.41, 5.74) is 0.622. The van der Waals surface area contributed by atoms with Gasteiger partial charge in [-0.25, -0.2) is 8.42 Å². The number of sulfone groups is 1. The average Bonchev–Trinajstić information content (AvgIpc) is 2.53. The molecule has 2 rings (SSSR count). The van der Waals surface area contributed by atoms with Gasteiger partial charge in [-0.1, -0.05) is 23.7 Å². The molecule has 0 aliphatic heterocycles. The molecule has 1 N–H and O–H groups in total. The molecular formula is C16H15ClN2O5S. The number of carbonyl (C=O) groups excluding carboxylic acids is 1. The molecule has 2 aromatic rings. The van der Waals surface area contributed by atoms with E-state index in [2.05, 4.69) is 5.32 Å². The van der Waals surface area contributed by atoms with Crippen LogP contribution in [0.15, 0.2) is 47.4 Å². The molecule has 0 radical (unpaired) electrons. The molecule has 9 heteroatoms. The predicted octanol–water partition coefficient (Wildman–Crippen LogP) is 3.14. The lowest BCUT2D eigenvalue weighted by molar-refractivity contribution is -0.384. The normalized spacial score (nSPS) is 12.4. The van der Waals surface area contributed by atoms with Crippen molar-refractivity contribution in [1.82, 2.24) is 5.32 Å². The number of hydrogen-bond acceptors (Lipinski definition) is 5. The van der Waals surface area contributed by atoms with Crippen molar-refractivity contribution < 1.29 is 18.1 Å². The summed E-state index contributed by atoms with van der Waals surface area (Å²) in [7, 11) is -3.29. The molecular weight excluding hydrogens is 368 g/mol. The van der Waals surface area contributed by atoms with E-state index >= 15 is 0 Å². The van der Waals surface area contributed by atoms with Crippen LogP contribution in [0.2, 0.25) is 5.02 Å². The second-order valence-electron chi connectivity index (χ2n) is 5.46. The predicted molar refractivity (Wildman–Crippen MR) is 93.5 cm³/mol. The van der Waals surface area contributed by atoms with Crippen LogP contribution in [0.25, 0.3) is 0 Å². The van der Waals surface area contributed by atoms with E-state index < -0.39 is 26.7 Å². The van der Waals surface area contributed by atoms with Gasteiger partial charge >= 0.3 is 0 Å². The van der Waals surface area contributed by atoms with Crippen LogP contribution in [0.4, 0.5) is 5.69 Å². The summed E-state index contributed by atoms with van der Waals surface area (Å²) in [6.07, 6.45) is 1.11. The number of nitro groups is 1. The number of benzene rings is 2. The minimum Gasteiger partial charge on any atom is -0.345 e. The summed E-state index contributed by atoms with van der Waals surface area (Å²) < 4.78 is 22.9. The summed E-state index contributed by atoms with van der Waals surface area (Å²) in [6.45, 7) is 1.73. The summed E-state index contributed by atoms with van der Waals surface area (Å²) in [5.74, 6) is -0.486. The summed E-state index contributed by atoms with van der Waals surface area (Å²) >= 11 is 5.94. The van der Waals surface area contributed by atoms with E-state index in [-0.39, 0.29) is 21.2 Å². The number of non-ortho nitro benzene ring substituents is 1. The quantitative estimate of drug-likeness (QED) is 0.631. The van der Waals surface area contributed by atoms with Crippen LogP contribution in [-0.2, 0) is 9.84 Å². The Labute approximate surface area is 149 Å². The number of nitro benzene ring substituents is 1. The van der Waals surface area contributed by atoms with Crippen molar-refractivity contribution in [1.29, 1.82) is 0 Å². The smallest absolute Gasteiger partial charge is 0.270 e. The van der Waals surface area contributed by atoms with Crippen molar-refractivity contribution in [3.8, 4) is 0 Å². The fourth-order valence-corrected chi connectivity index (χ4v) is 3.05. The maximum atomic E-state index is 12.3. The van der Waals surface area contributed by atoms with Crippen molar-refractivity contribution in [3.05, 3.63) is 68.7 Å². The Bertz CT molecular complexity index is 926. The lowest BCUT2D eigenvalue weighted by Crippen LogP contribution is -2.26. The Balaban J connectivity index is 2.16. The molecule has 0 aliphatic rings. The van der Waals surface area contributed by atoms with E-state index in [1.54, 1.807) is 19.1 Å². The third kappa shape index (κ3) is 4.55. The van der Waals surface area contributed by atoms with Crippen LogP contribution in [0, 0.1) is 10.1 Å². The van der Waals surface area contributed by atoms with Gasteiger partial charge in [-0.05, 0) is 30.7 Å². The molecule has 0 unspecified atom stereocenters. The third-order valence-electron chi connectivity index (χ3n) is 3.56. The Morgan fingerprint density at radius 3 is 2.28 bits per heavy atom. The number of carbonyl (C=O) groups is 1. The Morgan fingerprint density at radius 1 is 1.20 bits per heavy atom. The molecule has 2 aromatic carbocycles. The fraction of sp³-hybridized carbons (Fsp3) is 0.188. The number of halogens is 1. The summed E-state index contributed by atoms with van der Waals surface area (Å²) in [4.78, 5) is 22.6.